The standard InChI is InChI=1S/C20H27NO/c22-20(11-15-7-4-8-15)17-12-18-9-10-19(13-17)21(18)14-16-5-2-1-3-6-16/h1-3,5-6,15,17-19H,4,7-14H2. The summed E-state index contributed by atoms with van der Waals surface area (Å²) in [6.45, 7) is 1.07. The molecule has 1 saturated carbocycles. The van der Waals surface area contributed by atoms with Gasteiger partial charge >= 0.3 is 0 Å². The van der Waals surface area contributed by atoms with Crippen molar-refractivity contribution in [3.8, 4) is 0 Å². The largest absolute Gasteiger partial charge is 0.299 e. The van der Waals surface area contributed by atoms with Crippen LogP contribution in [0.1, 0.15) is 56.9 Å². The molecule has 1 aliphatic carbocycles. The van der Waals surface area contributed by atoms with E-state index in [9.17, 15) is 4.79 Å². The Balaban J connectivity index is 1.37. The fourth-order valence-electron chi connectivity index (χ4n) is 4.74. The number of carbonyl (C=O) groups is 1. The third-order valence-electron chi connectivity index (χ3n) is 6.26. The Hall–Kier alpha value is -1.15. The molecule has 0 aromatic heterocycles. The summed E-state index contributed by atoms with van der Waals surface area (Å²) in [5.74, 6) is 1.68. The van der Waals surface area contributed by atoms with E-state index in [4.69, 9.17) is 0 Å². The molecule has 1 aromatic carbocycles. The molecule has 2 unspecified atom stereocenters. The molecular formula is C20H27NO. The van der Waals surface area contributed by atoms with Crippen molar-refractivity contribution < 1.29 is 4.79 Å². The lowest BCUT2D eigenvalue weighted by molar-refractivity contribution is -0.126. The van der Waals surface area contributed by atoms with Crippen molar-refractivity contribution in [1.29, 1.82) is 0 Å². The van der Waals surface area contributed by atoms with Gasteiger partial charge < -0.3 is 0 Å². The van der Waals surface area contributed by atoms with Gasteiger partial charge in [0.25, 0.3) is 0 Å². The fourth-order valence-corrected chi connectivity index (χ4v) is 4.74. The summed E-state index contributed by atoms with van der Waals surface area (Å²) in [7, 11) is 0. The minimum absolute atomic E-state index is 0.366. The summed E-state index contributed by atoms with van der Waals surface area (Å²) in [4.78, 5) is 15.2. The first-order valence-electron chi connectivity index (χ1n) is 9.12. The average Bonchev–Trinajstić information content (AvgIpc) is 2.73. The van der Waals surface area contributed by atoms with E-state index in [-0.39, 0.29) is 0 Å². The second-order valence-corrected chi connectivity index (χ2v) is 7.68. The molecule has 2 saturated heterocycles. The Morgan fingerprint density at radius 2 is 1.68 bits per heavy atom. The molecule has 0 N–H and O–H groups in total. The highest BCUT2D eigenvalue weighted by molar-refractivity contribution is 5.81. The number of ketones is 1. The topological polar surface area (TPSA) is 20.3 Å². The van der Waals surface area contributed by atoms with E-state index in [1.54, 1.807) is 0 Å². The molecule has 0 amide bonds. The van der Waals surface area contributed by atoms with Gasteiger partial charge in [-0.05, 0) is 37.2 Å². The summed E-state index contributed by atoms with van der Waals surface area (Å²) >= 11 is 0. The molecule has 2 nitrogen and oxygen atoms in total. The molecule has 0 spiro atoms. The van der Waals surface area contributed by atoms with Gasteiger partial charge in [0.1, 0.15) is 5.78 Å². The number of benzene rings is 1. The van der Waals surface area contributed by atoms with Crippen molar-refractivity contribution in [3.05, 3.63) is 35.9 Å². The Kier molecular flexibility index (Phi) is 4.04. The quantitative estimate of drug-likeness (QED) is 0.812. The fraction of sp³-hybridized carbons (Fsp3) is 0.650. The normalized spacial score (nSPS) is 31.9. The zero-order chi connectivity index (χ0) is 14.9. The second-order valence-electron chi connectivity index (χ2n) is 7.68. The zero-order valence-electron chi connectivity index (χ0n) is 13.4. The lowest BCUT2D eigenvalue weighted by Gasteiger charge is -2.39. The maximum absolute atomic E-state index is 12.6. The molecule has 1 aromatic rings. The molecule has 2 heterocycles. The molecule has 118 valence electrons. The zero-order valence-corrected chi connectivity index (χ0v) is 13.4. The maximum Gasteiger partial charge on any atom is 0.136 e. The molecule has 2 aliphatic heterocycles. The molecule has 2 atom stereocenters. The van der Waals surface area contributed by atoms with Crippen LogP contribution in [-0.2, 0) is 11.3 Å². The van der Waals surface area contributed by atoms with Crippen molar-refractivity contribution in [2.75, 3.05) is 0 Å². The first kappa shape index (κ1) is 14.4. The molecule has 3 fully saturated rings. The van der Waals surface area contributed by atoms with E-state index in [1.807, 2.05) is 0 Å². The van der Waals surface area contributed by atoms with Crippen molar-refractivity contribution in [1.82, 2.24) is 4.90 Å². The van der Waals surface area contributed by atoms with Gasteiger partial charge in [-0.25, -0.2) is 0 Å². The molecule has 2 heteroatoms. The van der Waals surface area contributed by atoms with Gasteiger partial charge in [-0.2, -0.15) is 0 Å². The summed E-state index contributed by atoms with van der Waals surface area (Å²) < 4.78 is 0. The Morgan fingerprint density at radius 1 is 1.00 bits per heavy atom. The Labute approximate surface area is 133 Å². The van der Waals surface area contributed by atoms with Gasteiger partial charge in [-0.15, -0.1) is 0 Å². The molecule has 3 aliphatic rings. The van der Waals surface area contributed by atoms with E-state index < -0.39 is 0 Å². The van der Waals surface area contributed by atoms with E-state index in [0.717, 1.165) is 31.7 Å². The molecule has 4 rings (SSSR count). The van der Waals surface area contributed by atoms with Crippen molar-refractivity contribution in [3.63, 3.8) is 0 Å². The summed E-state index contributed by atoms with van der Waals surface area (Å²) in [6.07, 6.45) is 9.65. The van der Waals surface area contributed by atoms with Crippen LogP contribution in [0.4, 0.5) is 0 Å². The number of nitrogens with zero attached hydrogens (tertiary/aromatic N) is 1. The van der Waals surface area contributed by atoms with Gasteiger partial charge in [-0.3, -0.25) is 9.69 Å². The van der Waals surface area contributed by atoms with Crippen molar-refractivity contribution >= 4 is 5.78 Å². The van der Waals surface area contributed by atoms with Crippen molar-refractivity contribution in [2.24, 2.45) is 11.8 Å². The molecule has 0 radical (unpaired) electrons. The lowest BCUT2D eigenvalue weighted by Crippen LogP contribution is -2.44. The highest BCUT2D eigenvalue weighted by atomic mass is 16.1. The van der Waals surface area contributed by atoms with E-state index >= 15 is 0 Å². The summed E-state index contributed by atoms with van der Waals surface area (Å²) in [5, 5.41) is 0. The van der Waals surface area contributed by atoms with Crippen LogP contribution in [0.3, 0.4) is 0 Å². The molecular weight excluding hydrogens is 270 g/mol. The minimum Gasteiger partial charge on any atom is -0.299 e. The maximum atomic E-state index is 12.6. The van der Waals surface area contributed by atoms with E-state index in [1.165, 1.54) is 37.7 Å². The van der Waals surface area contributed by atoms with Crippen LogP contribution >= 0.6 is 0 Å². The number of carbonyl (C=O) groups excluding carboxylic acids is 1. The molecule has 22 heavy (non-hydrogen) atoms. The average molecular weight is 297 g/mol. The van der Waals surface area contributed by atoms with Crippen LogP contribution < -0.4 is 0 Å². The van der Waals surface area contributed by atoms with Gasteiger partial charge in [0.05, 0.1) is 0 Å². The minimum atomic E-state index is 0.366. The monoisotopic (exact) mass is 297 g/mol. The third kappa shape index (κ3) is 2.86. The van der Waals surface area contributed by atoms with Crippen LogP contribution in [0.5, 0.6) is 0 Å². The van der Waals surface area contributed by atoms with Gasteiger partial charge in [-0.1, -0.05) is 49.6 Å². The van der Waals surface area contributed by atoms with Crippen LogP contribution in [-0.4, -0.2) is 22.8 Å². The highest BCUT2D eigenvalue weighted by Gasteiger charge is 2.42. The first-order valence-corrected chi connectivity index (χ1v) is 9.12. The predicted molar refractivity (Wildman–Crippen MR) is 88.5 cm³/mol. The van der Waals surface area contributed by atoms with E-state index in [2.05, 4.69) is 35.2 Å². The smallest absolute Gasteiger partial charge is 0.136 e. The number of rotatable bonds is 5. The van der Waals surface area contributed by atoms with Crippen LogP contribution in [0, 0.1) is 11.8 Å². The van der Waals surface area contributed by atoms with Gasteiger partial charge in [0.15, 0.2) is 0 Å². The second kappa shape index (κ2) is 6.16. The number of hydrogen-bond acceptors (Lipinski definition) is 2. The Morgan fingerprint density at radius 3 is 2.27 bits per heavy atom. The summed E-state index contributed by atoms with van der Waals surface area (Å²) in [5.41, 5.74) is 1.42. The van der Waals surface area contributed by atoms with Crippen LogP contribution in [0.25, 0.3) is 0 Å². The molecule has 2 bridgehead atoms. The highest BCUT2D eigenvalue weighted by Crippen LogP contribution is 2.41. The van der Waals surface area contributed by atoms with E-state index in [0.29, 0.717) is 23.8 Å². The van der Waals surface area contributed by atoms with Gasteiger partial charge in [0.2, 0.25) is 0 Å². The SMILES string of the molecule is O=C(CC1CCC1)C1CC2CCC(C1)N2Cc1ccccc1. The predicted octanol–water partition coefficient (Wildman–Crippen LogP) is 4.19. The number of fused-ring (bicyclic) bond motifs is 2. The number of Topliss-reactive ketones (excluding diaryl/α,β-unsaturated/α-hetero) is 1. The van der Waals surface area contributed by atoms with Crippen LogP contribution in [0.2, 0.25) is 0 Å². The third-order valence-corrected chi connectivity index (χ3v) is 6.26. The first-order chi connectivity index (χ1) is 10.8. The number of piperidine rings is 1. The van der Waals surface area contributed by atoms with Gasteiger partial charge in [0, 0.05) is 31.0 Å². The summed E-state index contributed by atoms with van der Waals surface area (Å²) in [6, 6.07) is 12.1. The van der Waals surface area contributed by atoms with Crippen LogP contribution in [0.15, 0.2) is 30.3 Å². The Bertz CT molecular complexity index is 508. The lowest BCUT2D eigenvalue weighted by atomic mass is 9.77. The number of hydrogen-bond donors (Lipinski definition) is 0. The van der Waals surface area contributed by atoms with Crippen molar-refractivity contribution in [2.45, 2.75) is 70.0 Å².